The number of aromatic amines is 1. The highest BCUT2D eigenvalue weighted by atomic mass is 19.4. The second-order valence-electron chi connectivity index (χ2n) is 7.19. The predicted molar refractivity (Wildman–Crippen MR) is 91.6 cm³/mol. The molecular formula is C19H13F3N2O4. The molecule has 1 aromatic heterocycles. The zero-order chi connectivity index (χ0) is 20.0. The molecule has 2 saturated heterocycles. The molecule has 28 heavy (non-hydrogen) atoms. The maximum absolute atomic E-state index is 13.3. The number of nitrogens with one attached hydrogen (secondary N) is 1. The number of carbonyl (C=O) groups is 2. The Bertz CT molecular complexity index is 1120. The minimum atomic E-state index is -4.71. The molecular weight excluding hydrogens is 377 g/mol. The zero-order valence-corrected chi connectivity index (χ0v) is 14.4. The number of H-pyrrole nitrogens is 1. The largest absolute Gasteiger partial charge is 0.417 e. The Hall–Kier alpha value is -2.94. The van der Waals surface area contributed by atoms with Crippen LogP contribution in [-0.2, 0) is 20.5 Å². The number of carbonyl (C=O) groups excluding carboxylic acids is 2. The summed E-state index contributed by atoms with van der Waals surface area (Å²) in [7, 11) is 0. The van der Waals surface area contributed by atoms with Gasteiger partial charge in [0.15, 0.2) is 0 Å². The van der Waals surface area contributed by atoms with Crippen molar-refractivity contribution < 1.29 is 27.5 Å². The molecule has 0 saturated carbocycles. The van der Waals surface area contributed by atoms with E-state index < -0.39 is 53.2 Å². The Morgan fingerprint density at radius 1 is 1.04 bits per heavy atom. The first-order chi connectivity index (χ1) is 13.2. The molecule has 0 spiro atoms. The van der Waals surface area contributed by atoms with Crippen molar-refractivity contribution in [3.8, 4) is 0 Å². The third-order valence-electron chi connectivity index (χ3n) is 5.71. The number of benzene rings is 1. The number of pyridine rings is 1. The molecule has 144 valence electrons. The summed E-state index contributed by atoms with van der Waals surface area (Å²) in [5.41, 5.74) is -1.62. The number of alkyl halides is 3. The van der Waals surface area contributed by atoms with Crippen molar-refractivity contribution in [1.29, 1.82) is 0 Å². The molecule has 4 unspecified atom stereocenters. The van der Waals surface area contributed by atoms with Gasteiger partial charge in [-0.05, 0) is 18.6 Å². The van der Waals surface area contributed by atoms with Crippen LogP contribution >= 0.6 is 0 Å². The van der Waals surface area contributed by atoms with Gasteiger partial charge in [0.1, 0.15) is 0 Å². The molecule has 6 nitrogen and oxygen atoms in total. The van der Waals surface area contributed by atoms with Crippen LogP contribution in [0, 0.1) is 18.8 Å². The quantitative estimate of drug-likeness (QED) is 0.599. The maximum atomic E-state index is 13.3. The number of hydrogen-bond acceptors (Lipinski definition) is 4. The van der Waals surface area contributed by atoms with Crippen LogP contribution in [0.2, 0.25) is 0 Å². The van der Waals surface area contributed by atoms with E-state index in [0.29, 0.717) is 6.07 Å². The van der Waals surface area contributed by atoms with Gasteiger partial charge in [0.05, 0.1) is 40.8 Å². The van der Waals surface area contributed by atoms with Gasteiger partial charge in [0.25, 0.3) is 0 Å². The van der Waals surface area contributed by atoms with Gasteiger partial charge in [-0.2, -0.15) is 13.2 Å². The molecule has 1 aromatic carbocycles. The van der Waals surface area contributed by atoms with Gasteiger partial charge >= 0.3 is 6.18 Å². The number of nitrogens with zero attached hydrogens (tertiary/aromatic N) is 1. The normalized spacial score (nSPS) is 28.6. The lowest BCUT2D eigenvalue weighted by atomic mass is 9.85. The standard InChI is InChI=1S/C19H13F3N2O4/c1-7-10(3-2-8-9(19(20,21)22)6-13(25)23-16(7)8)24-17(26)14-11-4-5-12(28-11)15(14)18(24)27/h2-6,11-12,14-15H,1H3,(H,23,25). The molecule has 3 aliphatic rings. The van der Waals surface area contributed by atoms with Crippen molar-refractivity contribution in [2.45, 2.75) is 25.3 Å². The van der Waals surface area contributed by atoms with Gasteiger partial charge in [-0.1, -0.05) is 18.2 Å². The number of anilines is 1. The molecule has 4 heterocycles. The van der Waals surface area contributed by atoms with Crippen LogP contribution in [0.4, 0.5) is 18.9 Å². The van der Waals surface area contributed by atoms with E-state index in [9.17, 15) is 27.6 Å². The smallest absolute Gasteiger partial charge is 0.365 e. The van der Waals surface area contributed by atoms with Gasteiger partial charge in [-0.3, -0.25) is 14.4 Å². The van der Waals surface area contributed by atoms with Crippen molar-refractivity contribution in [3.63, 3.8) is 0 Å². The third kappa shape index (κ3) is 2.10. The summed E-state index contributed by atoms with van der Waals surface area (Å²) in [5.74, 6) is -2.14. The lowest BCUT2D eigenvalue weighted by Gasteiger charge is -2.21. The highest BCUT2D eigenvalue weighted by Crippen LogP contribution is 2.47. The van der Waals surface area contributed by atoms with E-state index in [0.717, 1.165) is 4.90 Å². The minimum absolute atomic E-state index is 0.0488. The van der Waals surface area contributed by atoms with Gasteiger partial charge in [0.2, 0.25) is 17.4 Å². The predicted octanol–water partition coefficient (Wildman–Crippen LogP) is 2.30. The van der Waals surface area contributed by atoms with E-state index in [4.69, 9.17) is 4.74 Å². The molecule has 2 amide bonds. The lowest BCUT2D eigenvalue weighted by molar-refractivity contribution is -0.136. The van der Waals surface area contributed by atoms with Crippen LogP contribution in [0.5, 0.6) is 0 Å². The molecule has 5 rings (SSSR count). The minimum Gasteiger partial charge on any atom is -0.365 e. The number of rotatable bonds is 1. The Morgan fingerprint density at radius 2 is 1.64 bits per heavy atom. The first kappa shape index (κ1) is 17.2. The van der Waals surface area contributed by atoms with Crippen molar-refractivity contribution in [2.75, 3.05) is 4.90 Å². The Kier molecular flexibility index (Phi) is 3.26. The van der Waals surface area contributed by atoms with E-state index in [1.165, 1.54) is 19.1 Å². The molecule has 2 fully saturated rings. The van der Waals surface area contributed by atoms with Crippen LogP contribution in [0.15, 0.2) is 35.1 Å². The summed E-state index contributed by atoms with van der Waals surface area (Å²) < 4.78 is 45.5. The van der Waals surface area contributed by atoms with Crippen molar-refractivity contribution in [3.05, 3.63) is 51.8 Å². The molecule has 9 heteroatoms. The lowest BCUT2D eigenvalue weighted by Crippen LogP contribution is -2.35. The van der Waals surface area contributed by atoms with Crippen LogP contribution < -0.4 is 10.5 Å². The zero-order valence-electron chi connectivity index (χ0n) is 14.4. The van der Waals surface area contributed by atoms with Crippen LogP contribution in [0.25, 0.3) is 10.9 Å². The molecule has 2 aromatic rings. The average molecular weight is 390 g/mol. The van der Waals surface area contributed by atoms with E-state index in [-0.39, 0.29) is 22.2 Å². The molecule has 0 radical (unpaired) electrons. The fourth-order valence-corrected chi connectivity index (χ4v) is 4.47. The second kappa shape index (κ2) is 5.32. The fourth-order valence-electron chi connectivity index (χ4n) is 4.47. The van der Waals surface area contributed by atoms with E-state index in [1.807, 2.05) is 0 Å². The average Bonchev–Trinajstić information content (AvgIpc) is 3.29. The highest BCUT2D eigenvalue weighted by molar-refractivity contribution is 6.24. The van der Waals surface area contributed by atoms with E-state index in [2.05, 4.69) is 4.98 Å². The number of amides is 2. The monoisotopic (exact) mass is 390 g/mol. The van der Waals surface area contributed by atoms with Crippen LogP contribution in [-0.4, -0.2) is 29.0 Å². The first-order valence-electron chi connectivity index (χ1n) is 8.64. The van der Waals surface area contributed by atoms with Crippen molar-refractivity contribution in [1.82, 2.24) is 4.98 Å². The summed E-state index contributed by atoms with van der Waals surface area (Å²) in [6.45, 7) is 1.48. The van der Waals surface area contributed by atoms with Crippen molar-refractivity contribution >= 4 is 28.4 Å². The molecule has 3 aliphatic heterocycles. The Morgan fingerprint density at radius 3 is 2.21 bits per heavy atom. The summed E-state index contributed by atoms with van der Waals surface area (Å²) in [4.78, 5) is 41.0. The number of hydrogen-bond donors (Lipinski definition) is 1. The SMILES string of the molecule is Cc1c(N2C(=O)C3C4C=CC(O4)C3C2=O)ccc2c(C(F)(F)F)cc(=O)[nH]c12. The van der Waals surface area contributed by atoms with Gasteiger partial charge in [0, 0.05) is 11.5 Å². The summed E-state index contributed by atoms with van der Waals surface area (Å²) in [6, 6.07) is 2.99. The number of aryl methyl sites for hydroxylation is 1. The highest BCUT2D eigenvalue weighted by Gasteiger charge is 2.61. The van der Waals surface area contributed by atoms with Crippen LogP contribution in [0.1, 0.15) is 11.1 Å². The summed E-state index contributed by atoms with van der Waals surface area (Å²) in [6.07, 6.45) is -2.14. The molecule has 2 bridgehead atoms. The number of aromatic nitrogens is 1. The Balaban J connectivity index is 1.67. The fraction of sp³-hybridized carbons (Fsp3) is 0.316. The maximum Gasteiger partial charge on any atom is 0.417 e. The van der Waals surface area contributed by atoms with Gasteiger partial charge in [-0.25, -0.2) is 4.90 Å². The number of fused-ring (bicyclic) bond motifs is 6. The summed E-state index contributed by atoms with van der Waals surface area (Å²) >= 11 is 0. The van der Waals surface area contributed by atoms with Gasteiger partial charge < -0.3 is 9.72 Å². The van der Waals surface area contributed by atoms with Crippen molar-refractivity contribution in [2.24, 2.45) is 11.8 Å². The topological polar surface area (TPSA) is 79.5 Å². The first-order valence-corrected chi connectivity index (χ1v) is 8.64. The Labute approximate surface area is 155 Å². The van der Waals surface area contributed by atoms with Gasteiger partial charge in [-0.15, -0.1) is 0 Å². The molecule has 4 atom stereocenters. The van der Waals surface area contributed by atoms with Crippen LogP contribution in [0.3, 0.4) is 0 Å². The molecule has 1 N–H and O–H groups in total. The van der Waals surface area contributed by atoms with E-state index in [1.54, 1.807) is 12.2 Å². The number of ether oxygens (including phenoxy) is 1. The molecule has 0 aliphatic carbocycles. The van der Waals surface area contributed by atoms with E-state index >= 15 is 0 Å². The number of halogens is 3. The number of imide groups is 1. The summed E-state index contributed by atoms with van der Waals surface area (Å²) in [5, 5.41) is -0.197. The second-order valence-corrected chi connectivity index (χ2v) is 7.19. The third-order valence-corrected chi connectivity index (χ3v) is 5.71.